The third-order valence-corrected chi connectivity index (χ3v) is 4.62. The highest BCUT2D eigenvalue weighted by Gasteiger charge is 2.31. The van der Waals surface area contributed by atoms with Gasteiger partial charge in [0.2, 0.25) is 11.9 Å². The standard InChI is InChI=1S/C15H13N5OS/c1-8-10-5-13(21)20(14(10)19-15(16)18-8)6-9-2-3-11-12(4-9)22-7-17-11/h2-4,7H,5-6H2,1H3,(H2,16,18,19). The molecule has 0 radical (unpaired) electrons. The van der Waals surface area contributed by atoms with Crippen LogP contribution in [-0.2, 0) is 17.8 Å². The van der Waals surface area contributed by atoms with E-state index >= 15 is 0 Å². The van der Waals surface area contributed by atoms with Crippen LogP contribution >= 0.6 is 11.3 Å². The number of anilines is 2. The molecule has 3 heterocycles. The number of benzene rings is 1. The van der Waals surface area contributed by atoms with Gasteiger partial charge in [0.1, 0.15) is 5.82 Å². The second-order valence-corrected chi connectivity index (χ2v) is 6.17. The Bertz CT molecular complexity index is 904. The Balaban J connectivity index is 1.73. The van der Waals surface area contributed by atoms with Gasteiger partial charge < -0.3 is 5.73 Å². The number of aromatic nitrogens is 3. The molecule has 0 aliphatic carbocycles. The number of carbonyl (C=O) groups excluding carboxylic acids is 1. The van der Waals surface area contributed by atoms with Gasteiger partial charge in [-0.05, 0) is 24.6 Å². The Morgan fingerprint density at radius 2 is 2.23 bits per heavy atom. The normalized spacial score (nSPS) is 13.9. The minimum Gasteiger partial charge on any atom is -0.368 e. The van der Waals surface area contributed by atoms with Crippen molar-refractivity contribution in [2.75, 3.05) is 10.6 Å². The summed E-state index contributed by atoms with van der Waals surface area (Å²) < 4.78 is 1.11. The summed E-state index contributed by atoms with van der Waals surface area (Å²) in [6, 6.07) is 6.03. The van der Waals surface area contributed by atoms with Crippen LogP contribution in [0, 0.1) is 6.92 Å². The van der Waals surface area contributed by atoms with Gasteiger partial charge in [0.25, 0.3) is 0 Å². The van der Waals surface area contributed by atoms with Gasteiger partial charge >= 0.3 is 0 Å². The molecule has 4 rings (SSSR count). The Kier molecular flexibility index (Phi) is 2.83. The van der Waals surface area contributed by atoms with Crippen LogP contribution in [0.15, 0.2) is 23.7 Å². The van der Waals surface area contributed by atoms with E-state index in [0.717, 1.165) is 27.0 Å². The van der Waals surface area contributed by atoms with Gasteiger partial charge in [-0.2, -0.15) is 4.98 Å². The lowest BCUT2D eigenvalue weighted by atomic mass is 10.2. The highest BCUT2D eigenvalue weighted by atomic mass is 32.1. The average molecular weight is 311 g/mol. The minimum atomic E-state index is 0.0300. The fraction of sp³-hybridized carbons (Fsp3) is 0.200. The topological polar surface area (TPSA) is 85.0 Å². The molecule has 7 heteroatoms. The predicted molar refractivity (Wildman–Crippen MR) is 85.7 cm³/mol. The van der Waals surface area contributed by atoms with Crippen molar-refractivity contribution in [3.05, 3.63) is 40.5 Å². The second-order valence-electron chi connectivity index (χ2n) is 5.28. The first-order valence-corrected chi connectivity index (χ1v) is 7.75. The number of amides is 1. The molecule has 2 N–H and O–H groups in total. The Morgan fingerprint density at radius 1 is 1.36 bits per heavy atom. The van der Waals surface area contributed by atoms with Gasteiger partial charge in [-0.3, -0.25) is 9.69 Å². The highest BCUT2D eigenvalue weighted by Crippen LogP contribution is 2.31. The molecule has 0 bridgehead atoms. The lowest BCUT2D eigenvalue weighted by Gasteiger charge is -2.17. The molecule has 0 unspecified atom stereocenters. The van der Waals surface area contributed by atoms with E-state index in [1.165, 1.54) is 0 Å². The fourth-order valence-electron chi connectivity index (χ4n) is 2.74. The van der Waals surface area contributed by atoms with Crippen molar-refractivity contribution < 1.29 is 4.79 Å². The van der Waals surface area contributed by atoms with Crippen LogP contribution in [-0.4, -0.2) is 20.9 Å². The van der Waals surface area contributed by atoms with Crippen LogP contribution in [0.2, 0.25) is 0 Å². The molecule has 0 saturated carbocycles. The molecular weight excluding hydrogens is 298 g/mol. The van der Waals surface area contributed by atoms with Gasteiger partial charge in [0.15, 0.2) is 0 Å². The van der Waals surface area contributed by atoms with Crippen LogP contribution in [0.5, 0.6) is 0 Å². The van der Waals surface area contributed by atoms with E-state index in [9.17, 15) is 4.79 Å². The van der Waals surface area contributed by atoms with E-state index < -0.39 is 0 Å². The summed E-state index contributed by atoms with van der Waals surface area (Å²) in [6.45, 7) is 2.34. The number of nitrogen functional groups attached to an aromatic ring is 1. The highest BCUT2D eigenvalue weighted by molar-refractivity contribution is 7.16. The number of rotatable bonds is 2. The zero-order valence-corrected chi connectivity index (χ0v) is 12.7. The van der Waals surface area contributed by atoms with Crippen molar-refractivity contribution in [2.24, 2.45) is 0 Å². The molecular formula is C15H13N5OS. The van der Waals surface area contributed by atoms with E-state index in [1.54, 1.807) is 16.2 Å². The lowest BCUT2D eigenvalue weighted by molar-refractivity contribution is -0.117. The van der Waals surface area contributed by atoms with Crippen molar-refractivity contribution in [3.63, 3.8) is 0 Å². The third kappa shape index (κ3) is 2.01. The summed E-state index contributed by atoms with van der Waals surface area (Å²) in [5.74, 6) is 0.871. The maximum atomic E-state index is 12.3. The maximum absolute atomic E-state index is 12.3. The van der Waals surface area contributed by atoms with Gasteiger partial charge in [0.05, 0.1) is 28.7 Å². The SMILES string of the molecule is Cc1nc(N)nc2c1CC(=O)N2Cc1ccc2ncsc2c1. The molecule has 0 spiro atoms. The third-order valence-electron chi connectivity index (χ3n) is 3.83. The molecule has 0 saturated heterocycles. The Morgan fingerprint density at radius 3 is 3.09 bits per heavy atom. The molecule has 6 nitrogen and oxygen atoms in total. The number of hydrogen-bond acceptors (Lipinski definition) is 6. The van der Waals surface area contributed by atoms with Gasteiger partial charge in [-0.1, -0.05) is 6.07 Å². The minimum absolute atomic E-state index is 0.0300. The molecule has 1 aliphatic rings. The number of thiazole rings is 1. The molecule has 0 atom stereocenters. The number of carbonyl (C=O) groups is 1. The zero-order valence-electron chi connectivity index (χ0n) is 11.9. The van der Waals surface area contributed by atoms with Crippen molar-refractivity contribution in [2.45, 2.75) is 19.9 Å². The van der Waals surface area contributed by atoms with Gasteiger partial charge in [-0.15, -0.1) is 11.3 Å². The quantitative estimate of drug-likeness (QED) is 0.783. The summed E-state index contributed by atoms with van der Waals surface area (Å²) >= 11 is 1.59. The lowest BCUT2D eigenvalue weighted by Crippen LogP contribution is -2.26. The van der Waals surface area contributed by atoms with Crippen molar-refractivity contribution in [3.8, 4) is 0 Å². The number of fused-ring (bicyclic) bond motifs is 2. The van der Waals surface area contributed by atoms with Crippen molar-refractivity contribution >= 4 is 39.2 Å². The first kappa shape index (κ1) is 13.1. The summed E-state index contributed by atoms with van der Waals surface area (Å²) in [5.41, 5.74) is 11.2. The number of aryl methyl sites for hydroxylation is 1. The largest absolute Gasteiger partial charge is 0.368 e. The summed E-state index contributed by atoms with van der Waals surface area (Å²) in [5, 5.41) is 0. The first-order chi connectivity index (χ1) is 10.6. The zero-order chi connectivity index (χ0) is 15.3. The number of nitrogens with two attached hydrogens (primary N) is 1. The van der Waals surface area contributed by atoms with Crippen molar-refractivity contribution in [1.29, 1.82) is 0 Å². The molecule has 2 aromatic heterocycles. The Labute approximate surface area is 130 Å². The molecule has 1 aromatic carbocycles. The maximum Gasteiger partial charge on any atom is 0.233 e. The van der Waals surface area contributed by atoms with E-state index in [4.69, 9.17) is 5.73 Å². The first-order valence-electron chi connectivity index (χ1n) is 6.87. The van der Waals surface area contributed by atoms with Gasteiger partial charge in [0, 0.05) is 11.3 Å². The molecule has 3 aromatic rings. The van der Waals surface area contributed by atoms with Gasteiger partial charge in [-0.25, -0.2) is 9.97 Å². The number of nitrogens with zero attached hydrogens (tertiary/aromatic N) is 4. The van der Waals surface area contributed by atoms with Crippen LogP contribution in [0.3, 0.4) is 0 Å². The smallest absolute Gasteiger partial charge is 0.233 e. The van der Waals surface area contributed by atoms with E-state index in [-0.39, 0.29) is 11.9 Å². The molecule has 0 fully saturated rings. The average Bonchev–Trinajstić information content (AvgIpc) is 3.05. The van der Waals surface area contributed by atoms with E-state index in [1.807, 2.05) is 24.6 Å². The number of hydrogen-bond donors (Lipinski definition) is 1. The molecule has 1 aliphatic heterocycles. The summed E-state index contributed by atoms with van der Waals surface area (Å²) in [7, 11) is 0. The molecule has 22 heavy (non-hydrogen) atoms. The molecule has 110 valence electrons. The second kappa shape index (κ2) is 4.74. The van der Waals surface area contributed by atoms with Crippen LogP contribution in [0.25, 0.3) is 10.2 Å². The van der Waals surface area contributed by atoms with E-state index in [2.05, 4.69) is 21.0 Å². The monoisotopic (exact) mass is 311 g/mol. The fourth-order valence-corrected chi connectivity index (χ4v) is 3.48. The van der Waals surface area contributed by atoms with Crippen molar-refractivity contribution in [1.82, 2.24) is 15.0 Å². The summed E-state index contributed by atoms with van der Waals surface area (Å²) in [6.07, 6.45) is 0.338. The Hall–Kier alpha value is -2.54. The van der Waals surface area contributed by atoms with E-state index in [0.29, 0.717) is 18.8 Å². The summed E-state index contributed by atoms with van der Waals surface area (Å²) in [4.78, 5) is 26.7. The molecule has 1 amide bonds. The van der Waals surface area contributed by atoms with Crippen LogP contribution in [0.1, 0.15) is 16.8 Å². The van der Waals surface area contributed by atoms with Crippen LogP contribution in [0.4, 0.5) is 11.8 Å². The van der Waals surface area contributed by atoms with Crippen LogP contribution < -0.4 is 10.6 Å². The predicted octanol–water partition coefficient (Wildman–Crippen LogP) is 2.07.